The van der Waals surface area contributed by atoms with Gasteiger partial charge in [0, 0.05) is 38.5 Å². The Morgan fingerprint density at radius 2 is 2.12 bits per heavy atom. The molecule has 1 aromatic carbocycles. The van der Waals surface area contributed by atoms with Crippen molar-refractivity contribution in [2.24, 2.45) is 7.05 Å². The van der Waals surface area contributed by atoms with Crippen molar-refractivity contribution in [1.82, 2.24) is 34.2 Å². The molecule has 3 heterocycles. The van der Waals surface area contributed by atoms with Gasteiger partial charge in [-0.3, -0.25) is 10.00 Å². The van der Waals surface area contributed by atoms with Gasteiger partial charge in [0.05, 0.1) is 37.3 Å². The molecule has 0 amide bonds. The first kappa shape index (κ1) is 22.3. The normalized spacial score (nSPS) is 12.8. The molecule has 170 valence electrons. The molecule has 0 radical (unpaired) electrons. The lowest BCUT2D eigenvalue weighted by atomic mass is 10.2. The topological polar surface area (TPSA) is 86.0 Å². The van der Waals surface area contributed by atoms with Gasteiger partial charge in [-0.05, 0) is 20.0 Å². The van der Waals surface area contributed by atoms with Gasteiger partial charge >= 0.3 is 0 Å². The van der Waals surface area contributed by atoms with Crippen LogP contribution in [0.15, 0.2) is 24.8 Å². The first-order valence-electron chi connectivity index (χ1n) is 10.0. The van der Waals surface area contributed by atoms with E-state index in [-0.39, 0.29) is 16.8 Å². The Morgan fingerprint density at radius 1 is 1.34 bits per heavy atom. The summed E-state index contributed by atoms with van der Waals surface area (Å²) in [6, 6.07) is 1.67. The summed E-state index contributed by atoms with van der Waals surface area (Å²) in [6.45, 7) is 3.36. The quantitative estimate of drug-likeness (QED) is 0.431. The van der Waals surface area contributed by atoms with Crippen LogP contribution >= 0.6 is 11.6 Å². The second kappa shape index (κ2) is 8.89. The van der Waals surface area contributed by atoms with Crippen LogP contribution in [0.1, 0.15) is 18.8 Å². The molecule has 9 nitrogen and oxygen atoms in total. The monoisotopic (exact) mass is 461 g/mol. The highest BCUT2D eigenvalue weighted by Gasteiger charge is 2.27. The van der Waals surface area contributed by atoms with Crippen molar-refractivity contribution in [2.45, 2.75) is 13.0 Å². The second-order valence-electron chi connectivity index (χ2n) is 7.52. The maximum absolute atomic E-state index is 15.3. The fraction of sp³-hybridized carbons (Fsp3) is 0.381. The van der Waals surface area contributed by atoms with Gasteiger partial charge < -0.3 is 18.6 Å². The number of nitrogens with zero attached hydrogens (tertiary/aromatic N) is 6. The van der Waals surface area contributed by atoms with E-state index in [0.717, 1.165) is 6.54 Å². The van der Waals surface area contributed by atoms with E-state index >= 15 is 4.39 Å². The highest BCUT2D eigenvalue weighted by Crippen LogP contribution is 2.41. The number of hydrogen-bond acceptors (Lipinski definition) is 6. The third-order valence-electron chi connectivity index (χ3n) is 5.69. The van der Waals surface area contributed by atoms with E-state index in [4.69, 9.17) is 26.1 Å². The minimum Gasteiger partial charge on any atom is -0.495 e. The number of likely N-dealkylation sites (N-methyl/N-ethyl adjacent to an activating group) is 1. The van der Waals surface area contributed by atoms with Crippen LogP contribution in [0.2, 0.25) is 5.02 Å². The van der Waals surface area contributed by atoms with Gasteiger partial charge in [-0.15, -0.1) is 0 Å². The Labute approximate surface area is 189 Å². The summed E-state index contributed by atoms with van der Waals surface area (Å²) in [4.78, 5) is 11.0. The summed E-state index contributed by atoms with van der Waals surface area (Å²) in [5, 5.41) is 7.99. The van der Waals surface area contributed by atoms with Gasteiger partial charge in [0.25, 0.3) is 0 Å². The fourth-order valence-corrected chi connectivity index (χ4v) is 3.99. The number of ether oxygens (including phenoxy) is 2. The van der Waals surface area contributed by atoms with Crippen LogP contribution < -0.4 is 4.74 Å². The molecule has 11 heteroatoms. The lowest BCUT2D eigenvalue weighted by molar-refractivity contribution is 0.141. The first-order valence-corrected chi connectivity index (χ1v) is 10.4. The molecule has 4 aromatic rings. The summed E-state index contributed by atoms with van der Waals surface area (Å²) in [5.74, 6) is 0.811. The van der Waals surface area contributed by atoms with E-state index in [1.54, 1.807) is 48.1 Å². The molecular weight excluding hydrogens is 437 g/mol. The smallest absolute Gasteiger partial charge is 0.174 e. The van der Waals surface area contributed by atoms with Crippen LogP contribution in [0, 0.1) is 5.82 Å². The number of nitrogens with one attached hydrogen (secondary N) is 1. The van der Waals surface area contributed by atoms with Crippen molar-refractivity contribution in [3.05, 3.63) is 41.5 Å². The molecule has 1 atom stereocenters. The number of rotatable bonds is 8. The van der Waals surface area contributed by atoms with Gasteiger partial charge in [-0.25, -0.2) is 14.4 Å². The number of hydrogen-bond donors (Lipinski definition) is 1. The number of halogens is 2. The van der Waals surface area contributed by atoms with E-state index in [0.29, 0.717) is 40.5 Å². The Bertz CT molecular complexity index is 1240. The molecule has 0 aliphatic heterocycles. The Kier molecular flexibility index (Phi) is 6.18. The molecular formula is C21H25ClFN7O2. The highest BCUT2D eigenvalue weighted by atomic mass is 35.5. The van der Waals surface area contributed by atoms with E-state index in [1.807, 2.05) is 14.0 Å². The van der Waals surface area contributed by atoms with Gasteiger partial charge in [-0.2, -0.15) is 5.10 Å². The zero-order valence-corrected chi connectivity index (χ0v) is 19.3. The average Bonchev–Trinajstić information content (AvgIpc) is 3.53. The molecule has 0 fully saturated rings. The second-order valence-corrected chi connectivity index (χ2v) is 7.90. The first-order chi connectivity index (χ1) is 15.4. The van der Waals surface area contributed by atoms with E-state index < -0.39 is 5.82 Å². The molecule has 0 unspecified atom stereocenters. The van der Waals surface area contributed by atoms with Crippen molar-refractivity contribution in [2.75, 3.05) is 34.4 Å². The predicted octanol–water partition coefficient (Wildman–Crippen LogP) is 3.59. The van der Waals surface area contributed by atoms with Crippen LogP contribution in [0.4, 0.5) is 4.39 Å². The summed E-state index contributed by atoms with van der Waals surface area (Å²) >= 11 is 6.21. The average molecular weight is 462 g/mol. The highest BCUT2D eigenvalue weighted by molar-refractivity contribution is 6.33. The minimum absolute atomic E-state index is 0.0483. The summed E-state index contributed by atoms with van der Waals surface area (Å²) in [6.07, 6.45) is 5.09. The summed E-state index contributed by atoms with van der Waals surface area (Å²) < 4.78 is 29.3. The van der Waals surface area contributed by atoms with Gasteiger partial charge in [-0.1, -0.05) is 11.6 Å². The largest absolute Gasteiger partial charge is 0.495 e. The number of aromatic nitrogens is 6. The van der Waals surface area contributed by atoms with Crippen molar-refractivity contribution in [3.63, 3.8) is 0 Å². The number of aromatic amines is 1. The zero-order valence-electron chi connectivity index (χ0n) is 18.6. The fourth-order valence-electron chi connectivity index (χ4n) is 3.77. The molecule has 32 heavy (non-hydrogen) atoms. The predicted molar refractivity (Wildman–Crippen MR) is 120 cm³/mol. The molecule has 0 saturated carbocycles. The molecule has 3 aromatic heterocycles. The number of aryl methyl sites for hydroxylation is 1. The van der Waals surface area contributed by atoms with Crippen LogP contribution in [-0.2, 0) is 11.8 Å². The molecule has 0 aliphatic rings. The van der Waals surface area contributed by atoms with Crippen LogP contribution in [-0.4, -0.2) is 68.6 Å². The number of benzene rings is 1. The molecule has 4 rings (SSSR count). The van der Waals surface area contributed by atoms with E-state index in [2.05, 4.69) is 20.1 Å². The van der Waals surface area contributed by atoms with Gasteiger partial charge in [0.2, 0.25) is 0 Å². The van der Waals surface area contributed by atoms with Crippen LogP contribution in [0.5, 0.6) is 5.75 Å². The number of imidazole rings is 1. The standard InChI is InChI=1S/C21H25ClFN7O2/c1-12(28(2)8-9-31-4)20-25-21(27-26-20)19-18(30-7-6-24-11-30)13-10-14(32-5)15(22)16(23)17(13)29(19)3/h6-7,10-12H,8-9H2,1-5H3,(H,25,26,27)/t12-/m0/s1. The van der Waals surface area contributed by atoms with Gasteiger partial charge in [0.15, 0.2) is 17.5 Å². The number of fused-ring (bicyclic) bond motifs is 1. The van der Waals surface area contributed by atoms with Crippen LogP contribution in [0.3, 0.4) is 0 Å². The third-order valence-corrected chi connectivity index (χ3v) is 6.04. The minimum atomic E-state index is -0.566. The van der Waals surface area contributed by atoms with Crippen molar-refractivity contribution in [3.8, 4) is 23.0 Å². The lowest BCUT2D eigenvalue weighted by Gasteiger charge is -2.21. The molecule has 0 bridgehead atoms. The van der Waals surface area contributed by atoms with Crippen molar-refractivity contribution in [1.29, 1.82) is 0 Å². The maximum Gasteiger partial charge on any atom is 0.174 e. The Balaban J connectivity index is 1.90. The van der Waals surface area contributed by atoms with Crippen LogP contribution in [0.25, 0.3) is 28.1 Å². The summed E-state index contributed by atoms with van der Waals surface area (Å²) in [5.41, 5.74) is 1.67. The maximum atomic E-state index is 15.3. The lowest BCUT2D eigenvalue weighted by Crippen LogP contribution is -2.26. The van der Waals surface area contributed by atoms with E-state index in [9.17, 15) is 0 Å². The molecule has 0 aliphatic carbocycles. The number of methoxy groups -OCH3 is 2. The Hall–Kier alpha value is -2.95. The SMILES string of the molecule is COCCN(C)[C@@H](C)c1n[nH]c(-c2c(-n3ccnc3)c3cc(OC)c(Cl)c(F)c3n2C)n1. The van der Waals surface area contributed by atoms with Gasteiger partial charge in [0.1, 0.15) is 16.5 Å². The third kappa shape index (κ3) is 3.64. The molecule has 1 N–H and O–H groups in total. The Morgan fingerprint density at radius 3 is 2.78 bits per heavy atom. The van der Waals surface area contributed by atoms with E-state index in [1.165, 1.54) is 7.11 Å². The molecule has 0 spiro atoms. The summed E-state index contributed by atoms with van der Waals surface area (Å²) in [7, 11) is 6.87. The zero-order chi connectivity index (χ0) is 23.0. The van der Waals surface area contributed by atoms with Crippen molar-refractivity contribution >= 4 is 22.5 Å². The molecule has 0 saturated heterocycles. The van der Waals surface area contributed by atoms with Crippen molar-refractivity contribution < 1.29 is 13.9 Å². The number of H-pyrrole nitrogens is 1.